The Labute approximate surface area is 129 Å². The molecule has 2 aromatic rings. The van der Waals surface area contributed by atoms with Crippen molar-refractivity contribution in [2.24, 2.45) is 5.92 Å². The molecule has 0 radical (unpaired) electrons. The number of benzene rings is 1. The van der Waals surface area contributed by atoms with E-state index in [4.69, 9.17) is 4.74 Å². The standard InChI is InChI=1S/C16H20N2O2S/c1-10(2)9-20-14-8-6-5-7-13(14)15-11(3)17-16(21-15)18-12(4)19/h5-8,10H,9H2,1-4H3,(H,17,18,19). The largest absolute Gasteiger partial charge is 0.493 e. The normalized spacial score (nSPS) is 10.7. The van der Waals surface area contributed by atoms with Crippen LogP contribution in [0.25, 0.3) is 10.4 Å². The van der Waals surface area contributed by atoms with Gasteiger partial charge < -0.3 is 10.1 Å². The first-order chi connectivity index (χ1) is 9.97. The lowest BCUT2D eigenvalue weighted by molar-refractivity contribution is -0.114. The number of nitrogens with zero attached hydrogens (tertiary/aromatic N) is 1. The van der Waals surface area contributed by atoms with Crippen molar-refractivity contribution in [3.05, 3.63) is 30.0 Å². The molecule has 4 nitrogen and oxygen atoms in total. The van der Waals surface area contributed by atoms with Crippen LogP contribution in [0.15, 0.2) is 24.3 Å². The van der Waals surface area contributed by atoms with E-state index in [0.717, 1.165) is 21.9 Å². The van der Waals surface area contributed by atoms with Crippen molar-refractivity contribution in [1.82, 2.24) is 4.98 Å². The van der Waals surface area contributed by atoms with Crippen molar-refractivity contribution in [1.29, 1.82) is 0 Å². The molecule has 5 heteroatoms. The number of hydrogen-bond acceptors (Lipinski definition) is 4. The van der Waals surface area contributed by atoms with Gasteiger partial charge in [-0.15, -0.1) is 0 Å². The maximum Gasteiger partial charge on any atom is 0.223 e. The van der Waals surface area contributed by atoms with Crippen LogP contribution in [0.2, 0.25) is 0 Å². The number of thiazole rings is 1. The Bertz CT molecular complexity index is 635. The second-order valence-electron chi connectivity index (χ2n) is 5.32. The van der Waals surface area contributed by atoms with Crippen LogP contribution in [-0.4, -0.2) is 17.5 Å². The first-order valence-electron chi connectivity index (χ1n) is 6.94. The van der Waals surface area contributed by atoms with Gasteiger partial charge in [-0.1, -0.05) is 37.3 Å². The van der Waals surface area contributed by atoms with Crippen LogP contribution in [0.1, 0.15) is 26.5 Å². The number of anilines is 1. The molecule has 0 saturated heterocycles. The van der Waals surface area contributed by atoms with Crippen LogP contribution in [0.3, 0.4) is 0 Å². The third-order valence-electron chi connectivity index (χ3n) is 2.78. The number of carbonyl (C=O) groups excluding carboxylic acids is 1. The van der Waals surface area contributed by atoms with Gasteiger partial charge in [-0.2, -0.15) is 0 Å². The maximum absolute atomic E-state index is 11.1. The number of nitrogens with one attached hydrogen (secondary N) is 1. The van der Waals surface area contributed by atoms with E-state index in [2.05, 4.69) is 24.1 Å². The molecule has 1 N–H and O–H groups in total. The van der Waals surface area contributed by atoms with E-state index in [9.17, 15) is 4.79 Å². The second-order valence-corrected chi connectivity index (χ2v) is 6.31. The smallest absolute Gasteiger partial charge is 0.223 e. The summed E-state index contributed by atoms with van der Waals surface area (Å²) in [6.07, 6.45) is 0. The van der Waals surface area contributed by atoms with Crippen LogP contribution in [0.4, 0.5) is 5.13 Å². The lowest BCUT2D eigenvalue weighted by Gasteiger charge is -2.12. The van der Waals surface area contributed by atoms with Crippen LogP contribution in [0, 0.1) is 12.8 Å². The summed E-state index contributed by atoms with van der Waals surface area (Å²) < 4.78 is 5.89. The number of carbonyl (C=O) groups is 1. The molecular formula is C16H20N2O2S. The number of amides is 1. The molecule has 0 atom stereocenters. The highest BCUT2D eigenvalue weighted by atomic mass is 32.1. The molecule has 1 amide bonds. The Balaban J connectivity index is 2.33. The third-order valence-corrected chi connectivity index (χ3v) is 3.89. The molecule has 2 rings (SSSR count). The highest BCUT2D eigenvalue weighted by Gasteiger charge is 2.14. The van der Waals surface area contributed by atoms with Crippen molar-refractivity contribution >= 4 is 22.4 Å². The molecule has 0 aliphatic carbocycles. The van der Waals surface area contributed by atoms with E-state index in [0.29, 0.717) is 17.7 Å². The van der Waals surface area contributed by atoms with Gasteiger partial charge in [0, 0.05) is 12.5 Å². The van der Waals surface area contributed by atoms with E-state index in [1.54, 1.807) is 0 Å². The number of rotatable bonds is 5. The minimum Gasteiger partial charge on any atom is -0.493 e. The van der Waals surface area contributed by atoms with Gasteiger partial charge in [0.25, 0.3) is 0 Å². The van der Waals surface area contributed by atoms with E-state index in [1.807, 2.05) is 31.2 Å². The number of ether oxygens (including phenoxy) is 1. The minimum atomic E-state index is -0.111. The first-order valence-corrected chi connectivity index (χ1v) is 7.76. The van der Waals surface area contributed by atoms with Gasteiger partial charge in [0.15, 0.2) is 5.13 Å². The summed E-state index contributed by atoms with van der Waals surface area (Å²) >= 11 is 1.47. The SMILES string of the molecule is CC(=O)Nc1nc(C)c(-c2ccccc2OCC(C)C)s1. The number of aromatic nitrogens is 1. The molecule has 1 aromatic carbocycles. The summed E-state index contributed by atoms with van der Waals surface area (Å²) in [5.41, 5.74) is 1.91. The topological polar surface area (TPSA) is 51.2 Å². The Morgan fingerprint density at radius 2 is 2.10 bits per heavy atom. The highest BCUT2D eigenvalue weighted by molar-refractivity contribution is 7.19. The van der Waals surface area contributed by atoms with Crippen molar-refractivity contribution in [3.63, 3.8) is 0 Å². The van der Waals surface area contributed by atoms with Crippen LogP contribution < -0.4 is 10.1 Å². The third kappa shape index (κ3) is 4.04. The molecule has 21 heavy (non-hydrogen) atoms. The molecule has 0 spiro atoms. The molecule has 0 saturated carbocycles. The molecule has 1 heterocycles. The molecule has 0 aliphatic heterocycles. The summed E-state index contributed by atoms with van der Waals surface area (Å²) in [6.45, 7) is 8.34. The maximum atomic E-state index is 11.1. The van der Waals surface area contributed by atoms with E-state index < -0.39 is 0 Å². The zero-order valence-electron chi connectivity index (χ0n) is 12.8. The number of para-hydroxylation sites is 1. The van der Waals surface area contributed by atoms with E-state index in [1.165, 1.54) is 18.3 Å². The summed E-state index contributed by atoms with van der Waals surface area (Å²) in [7, 11) is 0. The first kappa shape index (κ1) is 15.5. The zero-order chi connectivity index (χ0) is 15.4. The van der Waals surface area contributed by atoms with Crippen molar-refractivity contribution in [3.8, 4) is 16.2 Å². The Kier molecular flexibility index (Phi) is 4.96. The van der Waals surface area contributed by atoms with Gasteiger partial charge in [0.05, 0.1) is 17.2 Å². The van der Waals surface area contributed by atoms with Crippen molar-refractivity contribution < 1.29 is 9.53 Å². The quantitative estimate of drug-likeness (QED) is 0.904. The Morgan fingerprint density at radius 3 is 2.76 bits per heavy atom. The average Bonchev–Trinajstić information content (AvgIpc) is 2.76. The summed E-state index contributed by atoms with van der Waals surface area (Å²) in [6, 6.07) is 7.93. The lowest BCUT2D eigenvalue weighted by Crippen LogP contribution is -2.05. The monoisotopic (exact) mass is 304 g/mol. The number of aryl methyl sites for hydroxylation is 1. The van der Waals surface area contributed by atoms with Crippen molar-refractivity contribution in [2.45, 2.75) is 27.7 Å². The van der Waals surface area contributed by atoms with Crippen LogP contribution in [0.5, 0.6) is 5.75 Å². The summed E-state index contributed by atoms with van der Waals surface area (Å²) in [5.74, 6) is 1.21. The predicted octanol–water partition coefficient (Wildman–Crippen LogP) is 4.11. The van der Waals surface area contributed by atoms with Crippen molar-refractivity contribution in [2.75, 3.05) is 11.9 Å². The minimum absolute atomic E-state index is 0.111. The molecule has 0 aliphatic rings. The fourth-order valence-electron chi connectivity index (χ4n) is 1.89. The van der Waals surface area contributed by atoms with Gasteiger partial charge in [0.1, 0.15) is 5.75 Å². The predicted molar refractivity (Wildman–Crippen MR) is 86.9 cm³/mol. The number of hydrogen-bond donors (Lipinski definition) is 1. The molecule has 112 valence electrons. The molecule has 0 unspecified atom stereocenters. The molecular weight excluding hydrogens is 284 g/mol. The molecule has 0 fully saturated rings. The van der Waals surface area contributed by atoms with Crippen LogP contribution in [-0.2, 0) is 4.79 Å². The van der Waals surface area contributed by atoms with Gasteiger partial charge in [-0.05, 0) is 25.0 Å². The van der Waals surface area contributed by atoms with E-state index in [-0.39, 0.29) is 5.91 Å². The summed E-state index contributed by atoms with van der Waals surface area (Å²) in [5, 5.41) is 3.35. The Morgan fingerprint density at radius 1 is 1.38 bits per heavy atom. The Hall–Kier alpha value is -1.88. The lowest BCUT2D eigenvalue weighted by atomic mass is 10.1. The molecule has 0 bridgehead atoms. The highest BCUT2D eigenvalue weighted by Crippen LogP contribution is 2.38. The van der Waals surface area contributed by atoms with Gasteiger partial charge in [-0.3, -0.25) is 4.79 Å². The fourth-order valence-corrected chi connectivity index (χ4v) is 2.93. The zero-order valence-corrected chi connectivity index (χ0v) is 13.6. The van der Waals surface area contributed by atoms with Gasteiger partial charge in [-0.25, -0.2) is 4.98 Å². The van der Waals surface area contributed by atoms with Gasteiger partial charge in [0.2, 0.25) is 5.91 Å². The fraction of sp³-hybridized carbons (Fsp3) is 0.375. The van der Waals surface area contributed by atoms with E-state index >= 15 is 0 Å². The van der Waals surface area contributed by atoms with Gasteiger partial charge >= 0.3 is 0 Å². The second kappa shape index (κ2) is 6.72. The summed E-state index contributed by atoms with van der Waals surface area (Å²) in [4.78, 5) is 16.6. The molecule has 1 aromatic heterocycles. The van der Waals surface area contributed by atoms with Crippen LogP contribution >= 0.6 is 11.3 Å². The average molecular weight is 304 g/mol.